The van der Waals surface area contributed by atoms with E-state index in [2.05, 4.69) is 35.6 Å². The van der Waals surface area contributed by atoms with Crippen LogP contribution >= 0.6 is 11.3 Å². The van der Waals surface area contributed by atoms with Crippen molar-refractivity contribution in [3.8, 4) is 11.4 Å². The molecule has 0 N–H and O–H groups in total. The largest absolute Gasteiger partial charge is 0.337 e. The third kappa shape index (κ3) is 3.51. The van der Waals surface area contributed by atoms with Gasteiger partial charge in [-0.2, -0.15) is 0 Å². The van der Waals surface area contributed by atoms with Crippen molar-refractivity contribution < 1.29 is 4.79 Å². The van der Waals surface area contributed by atoms with Gasteiger partial charge < -0.3 is 14.2 Å². The van der Waals surface area contributed by atoms with Crippen molar-refractivity contribution in [2.75, 3.05) is 33.2 Å². The van der Waals surface area contributed by atoms with Crippen molar-refractivity contribution in [2.24, 2.45) is 0 Å². The standard InChI is InChI=1S/C21H26N4OS/c1-15(2)20-22-17(14-27-20)19-13-16(18-7-4-5-10-25(18)19)21(26)24-9-6-8-23(3)11-12-24/h4-5,7,10,13-15H,6,8-9,11-12H2,1-3H3. The van der Waals surface area contributed by atoms with Gasteiger partial charge in [0.15, 0.2) is 0 Å². The fourth-order valence-electron chi connectivity index (χ4n) is 3.61. The summed E-state index contributed by atoms with van der Waals surface area (Å²) in [5.74, 6) is 0.532. The number of rotatable bonds is 3. The molecular weight excluding hydrogens is 356 g/mol. The molecule has 0 aliphatic carbocycles. The molecule has 0 saturated carbocycles. The molecule has 1 fully saturated rings. The Morgan fingerprint density at radius 1 is 1.19 bits per heavy atom. The van der Waals surface area contributed by atoms with E-state index in [-0.39, 0.29) is 5.91 Å². The van der Waals surface area contributed by atoms with Crippen molar-refractivity contribution in [3.63, 3.8) is 0 Å². The van der Waals surface area contributed by atoms with Crippen molar-refractivity contribution >= 4 is 22.8 Å². The monoisotopic (exact) mass is 382 g/mol. The first-order valence-electron chi connectivity index (χ1n) is 9.58. The van der Waals surface area contributed by atoms with E-state index < -0.39 is 0 Å². The molecule has 142 valence electrons. The van der Waals surface area contributed by atoms with E-state index in [4.69, 9.17) is 4.98 Å². The van der Waals surface area contributed by atoms with Crippen LogP contribution in [0.1, 0.15) is 41.6 Å². The summed E-state index contributed by atoms with van der Waals surface area (Å²) in [6.07, 6.45) is 3.04. The van der Waals surface area contributed by atoms with Crippen molar-refractivity contribution in [1.29, 1.82) is 0 Å². The third-order valence-corrected chi connectivity index (χ3v) is 6.34. The molecule has 3 aromatic rings. The molecule has 0 aromatic carbocycles. The summed E-state index contributed by atoms with van der Waals surface area (Å²) in [5, 5.41) is 3.22. The first kappa shape index (κ1) is 18.2. The number of aromatic nitrogens is 2. The van der Waals surface area contributed by atoms with Crippen molar-refractivity contribution in [2.45, 2.75) is 26.2 Å². The van der Waals surface area contributed by atoms with E-state index in [1.165, 1.54) is 0 Å². The summed E-state index contributed by atoms with van der Waals surface area (Å²) in [7, 11) is 2.12. The number of amides is 1. The van der Waals surface area contributed by atoms with Crippen LogP contribution in [0.3, 0.4) is 0 Å². The second-order valence-electron chi connectivity index (χ2n) is 7.57. The van der Waals surface area contributed by atoms with Gasteiger partial charge in [-0.25, -0.2) is 4.98 Å². The maximum atomic E-state index is 13.3. The van der Waals surface area contributed by atoms with Gasteiger partial charge >= 0.3 is 0 Å². The van der Waals surface area contributed by atoms with Crippen LogP contribution in [0.4, 0.5) is 0 Å². The van der Waals surface area contributed by atoms with Crippen LogP contribution in [0.5, 0.6) is 0 Å². The zero-order valence-electron chi connectivity index (χ0n) is 16.2. The maximum Gasteiger partial charge on any atom is 0.256 e. The van der Waals surface area contributed by atoms with Crippen LogP contribution in [0.25, 0.3) is 16.9 Å². The van der Waals surface area contributed by atoms with Crippen LogP contribution in [0, 0.1) is 0 Å². The van der Waals surface area contributed by atoms with E-state index in [1.54, 1.807) is 11.3 Å². The van der Waals surface area contributed by atoms with Crippen LogP contribution in [-0.2, 0) is 0 Å². The van der Waals surface area contributed by atoms with E-state index in [1.807, 2.05) is 35.4 Å². The molecule has 0 spiro atoms. The lowest BCUT2D eigenvalue weighted by Gasteiger charge is -2.20. The fraction of sp³-hybridized carbons (Fsp3) is 0.429. The van der Waals surface area contributed by atoms with E-state index >= 15 is 0 Å². The quantitative estimate of drug-likeness (QED) is 0.688. The number of carbonyl (C=O) groups is 1. The maximum absolute atomic E-state index is 13.3. The van der Waals surface area contributed by atoms with Crippen molar-refractivity contribution in [3.05, 3.63) is 46.4 Å². The topological polar surface area (TPSA) is 40.9 Å². The van der Waals surface area contributed by atoms with Gasteiger partial charge in [-0.15, -0.1) is 11.3 Å². The first-order chi connectivity index (χ1) is 13.0. The normalized spacial score (nSPS) is 16.2. The summed E-state index contributed by atoms with van der Waals surface area (Å²) < 4.78 is 2.09. The first-order valence-corrected chi connectivity index (χ1v) is 10.5. The Morgan fingerprint density at radius 3 is 2.81 bits per heavy atom. The molecule has 0 bridgehead atoms. The molecule has 6 heteroatoms. The number of fused-ring (bicyclic) bond motifs is 1. The Morgan fingerprint density at radius 2 is 2.04 bits per heavy atom. The molecule has 0 atom stereocenters. The molecule has 3 aromatic heterocycles. The van der Waals surface area contributed by atoms with E-state index in [0.29, 0.717) is 5.92 Å². The molecule has 1 amide bonds. The van der Waals surface area contributed by atoms with Crippen LogP contribution in [0.2, 0.25) is 0 Å². The summed E-state index contributed by atoms with van der Waals surface area (Å²) in [5.41, 5.74) is 3.66. The summed E-state index contributed by atoms with van der Waals surface area (Å²) in [6.45, 7) is 7.88. The predicted octanol–water partition coefficient (Wildman–Crippen LogP) is 3.96. The molecule has 4 rings (SSSR count). The minimum Gasteiger partial charge on any atom is -0.337 e. The molecule has 0 unspecified atom stereocenters. The fourth-order valence-corrected chi connectivity index (χ4v) is 4.44. The lowest BCUT2D eigenvalue weighted by atomic mass is 10.2. The lowest BCUT2D eigenvalue weighted by molar-refractivity contribution is 0.0765. The summed E-state index contributed by atoms with van der Waals surface area (Å²) >= 11 is 1.68. The highest BCUT2D eigenvalue weighted by molar-refractivity contribution is 7.10. The predicted molar refractivity (Wildman–Crippen MR) is 111 cm³/mol. The second-order valence-corrected chi connectivity index (χ2v) is 8.46. The Labute approximate surface area is 164 Å². The van der Waals surface area contributed by atoms with Crippen LogP contribution in [0.15, 0.2) is 35.8 Å². The number of nitrogens with zero attached hydrogens (tertiary/aromatic N) is 4. The molecule has 27 heavy (non-hydrogen) atoms. The van der Waals surface area contributed by atoms with Gasteiger partial charge in [0.25, 0.3) is 5.91 Å². The molecule has 1 aliphatic heterocycles. The Hall–Kier alpha value is -2.18. The minimum absolute atomic E-state index is 0.125. The second kappa shape index (κ2) is 7.44. The van der Waals surface area contributed by atoms with E-state index in [0.717, 1.165) is 60.1 Å². The van der Waals surface area contributed by atoms with Crippen molar-refractivity contribution in [1.82, 2.24) is 19.2 Å². The van der Waals surface area contributed by atoms with Crippen LogP contribution < -0.4 is 0 Å². The summed E-state index contributed by atoms with van der Waals surface area (Å²) in [4.78, 5) is 22.4. The highest BCUT2D eigenvalue weighted by atomic mass is 32.1. The number of carbonyl (C=O) groups excluding carboxylic acids is 1. The zero-order valence-corrected chi connectivity index (χ0v) is 17.0. The number of pyridine rings is 1. The van der Waals surface area contributed by atoms with Gasteiger partial charge in [0.1, 0.15) is 0 Å². The molecule has 4 heterocycles. The van der Waals surface area contributed by atoms with Gasteiger partial charge in [0, 0.05) is 37.1 Å². The highest BCUT2D eigenvalue weighted by Gasteiger charge is 2.24. The van der Waals surface area contributed by atoms with Gasteiger partial charge in [-0.05, 0) is 38.2 Å². The van der Waals surface area contributed by atoms with Gasteiger partial charge in [0.2, 0.25) is 0 Å². The van der Waals surface area contributed by atoms with Gasteiger partial charge in [0.05, 0.1) is 27.5 Å². The molecule has 1 aliphatic rings. The third-order valence-electron chi connectivity index (χ3n) is 5.19. The SMILES string of the molecule is CC(C)c1nc(-c2cc(C(=O)N3CCCN(C)CC3)c3ccccn23)cs1. The van der Waals surface area contributed by atoms with Gasteiger partial charge in [-0.1, -0.05) is 19.9 Å². The van der Waals surface area contributed by atoms with Crippen LogP contribution in [-0.4, -0.2) is 58.3 Å². The smallest absolute Gasteiger partial charge is 0.256 e. The minimum atomic E-state index is 0.125. The molecule has 5 nitrogen and oxygen atoms in total. The summed E-state index contributed by atoms with van der Waals surface area (Å²) in [6, 6.07) is 8.04. The number of hydrogen-bond donors (Lipinski definition) is 0. The Balaban J connectivity index is 1.74. The molecular formula is C21H26N4OS. The van der Waals surface area contributed by atoms with E-state index in [9.17, 15) is 4.79 Å². The highest BCUT2D eigenvalue weighted by Crippen LogP contribution is 2.30. The number of hydrogen-bond acceptors (Lipinski definition) is 4. The average Bonchev–Trinajstić information content (AvgIpc) is 3.23. The Bertz CT molecular complexity index is 958. The zero-order chi connectivity index (χ0) is 19.0. The average molecular weight is 383 g/mol. The lowest BCUT2D eigenvalue weighted by Crippen LogP contribution is -2.34. The number of likely N-dealkylation sites (N-methyl/N-ethyl adjacent to an activating group) is 1. The number of thiazole rings is 1. The van der Waals surface area contributed by atoms with Gasteiger partial charge in [-0.3, -0.25) is 4.79 Å². The molecule has 0 radical (unpaired) electrons. The molecule has 1 saturated heterocycles. The Kier molecular flexibility index (Phi) is 5.02.